The third kappa shape index (κ3) is 5.00. The number of aromatic nitrogens is 2. The molecule has 0 amide bonds. The van der Waals surface area contributed by atoms with E-state index in [1.165, 1.54) is 12.1 Å². The van der Waals surface area contributed by atoms with Crippen LogP contribution in [0.25, 0.3) is 11.3 Å². The lowest BCUT2D eigenvalue weighted by Crippen LogP contribution is -3.09. The van der Waals surface area contributed by atoms with Crippen molar-refractivity contribution in [1.29, 1.82) is 0 Å². The Morgan fingerprint density at radius 3 is 2.57 bits per heavy atom. The van der Waals surface area contributed by atoms with Gasteiger partial charge >= 0.3 is 5.97 Å². The fourth-order valence-corrected chi connectivity index (χ4v) is 4.37. The Balaban J connectivity index is 1.91. The normalized spacial score (nSPS) is 17.3. The molecule has 3 aromatic rings. The first-order valence-corrected chi connectivity index (χ1v) is 11.3. The maximum atomic E-state index is 14.8. The Morgan fingerprint density at radius 2 is 1.94 bits per heavy atom. The minimum absolute atomic E-state index is 0.0848. The number of aromatic carboxylic acids is 1. The number of likely N-dealkylation sites (N-methyl/N-ethyl adjacent to an activating group) is 1. The molecule has 0 bridgehead atoms. The predicted octanol–water partition coefficient (Wildman–Crippen LogP) is 2.43. The molecule has 8 nitrogen and oxygen atoms in total. The fraction of sp³-hybridized carbons (Fsp3) is 0.320. The molecule has 35 heavy (non-hydrogen) atoms. The molecule has 2 heterocycles. The number of fused-ring (bicyclic) bond motifs is 1. The van der Waals surface area contributed by atoms with E-state index in [-0.39, 0.29) is 34.4 Å². The van der Waals surface area contributed by atoms with E-state index in [1.54, 1.807) is 19.1 Å². The van der Waals surface area contributed by atoms with Crippen LogP contribution in [0.2, 0.25) is 0 Å². The molecule has 1 aliphatic heterocycles. The van der Waals surface area contributed by atoms with Gasteiger partial charge in [-0.2, -0.15) is 0 Å². The monoisotopic (exact) mass is 483 g/mol. The molecule has 0 fully saturated rings. The number of quaternary nitrogens is 1. The summed E-state index contributed by atoms with van der Waals surface area (Å²) in [7, 11) is 3.84. The van der Waals surface area contributed by atoms with Crippen molar-refractivity contribution in [2.45, 2.75) is 19.4 Å². The van der Waals surface area contributed by atoms with Gasteiger partial charge in [0.15, 0.2) is 6.04 Å². The first-order valence-electron chi connectivity index (χ1n) is 11.3. The predicted molar refractivity (Wildman–Crippen MR) is 127 cm³/mol. The molecule has 10 heteroatoms. The Bertz CT molecular complexity index is 1250. The van der Waals surface area contributed by atoms with Gasteiger partial charge in [-0.3, -0.25) is 0 Å². The first kappa shape index (κ1) is 24.6. The zero-order valence-corrected chi connectivity index (χ0v) is 19.7. The molecule has 0 spiro atoms. The number of anilines is 1. The number of halogens is 2. The molecule has 0 saturated heterocycles. The minimum Gasteiger partial charge on any atom is -0.634 e. The van der Waals surface area contributed by atoms with Crippen molar-refractivity contribution in [3.63, 3.8) is 0 Å². The van der Waals surface area contributed by atoms with E-state index < -0.39 is 23.6 Å². The van der Waals surface area contributed by atoms with Crippen LogP contribution in [0, 0.1) is 23.8 Å². The summed E-state index contributed by atoms with van der Waals surface area (Å²) in [6.07, 6.45) is 0.314. The van der Waals surface area contributed by atoms with Gasteiger partial charge in [0.1, 0.15) is 17.3 Å². The molecule has 2 atom stereocenters. The molecular weight excluding hydrogens is 456 g/mol. The van der Waals surface area contributed by atoms with Gasteiger partial charge in [-0.05, 0) is 50.8 Å². The second-order valence-electron chi connectivity index (χ2n) is 8.86. The molecule has 1 aromatic heterocycles. The van der Waals surface area contributed by atoms with Gasteiger partial charge in [-0.25, -0.2) is 23.5 Å². The topological polar surface area (TPSA) is 106 Å². The van der Waals surface area contributed by atoms with Crippen molar-refractivity contribution >= 4 is 11.9 Å². The number of carboxylic acid groups (broad SMARTS) is 1. The van der Waals surface area contributed by atoms with Crippen LogP contribution >= 0.6 is 0 Å². The maximum Gasteiger partial charge on any atom is 0.335 e. The van der Waals surface area contributed by atoms with Gasteiger partial charge in [0.25, 0.3) is 0 Å². The lowest BCUT2D eigenvalue weighted by atomic mass is 9.89. The number of hydrogen-bond donors (Lipinski definition) is 3. The molecule has 3 N–H and O–H groups in total. The van der Waals surface area contributed by atoms with Crippen LogP contribution in [-0.2, 0) is 6.42 Å². The van der Waals surface area contributed by atoms with E-state index in [1.807, 2.05) is 19.0 Å². The Morgan fingerprint density at radius 1 is 1.23 bits per heavy atom. The zero-order valence-electron chi connectivity index (χ0n) is 19.7. The zero-order chi connectivity index (χ0) is 25.3. The number of hydroxylamine groups is 2. The lowest BCUT2D eigenvalue weighted by Gasteiger charge is -2.37. The summed E-state index contributed by atoms with van der Waals surface area (Å²) in [4.78, 5) is 22.7. The molecule has 4 rings (SSSR count). The van der Waals surface area contributed by atoms with Crippen LogP contribution in [0.5, 0.6) is 0 Å². The Kier molecular flexibility index (Phi) is 7.06. The summed E-state index contributed by atoms with van der Waals surface area (Å²) in [5.74, 6) is -2.42. The number of hydrogen-bond acceptors (Lipinski definition) is 6. The van der Waals surface area contributed by atoms with E-state index in [0.717, 1.165) is 12.1 Å². The highest BCUT2D eigenvalue weighted by molar-refractivity contribution is 5.89. The lowest BCUT2D eigenvalue weighted by molar-refractivity contribution is -0.878. The van der Waals surface area contributed by atoms with Crippen molar-refractivity contribution in [2.24, 2.45) is 0 Å². The standard InChI is InChI=1S/C25H27F2N5O3/c1-14-13-15(24(33)34)7-8-16(14)21-17-9-11-32(35)23(20-18(26)5-4-6-19(20)27)22(17)30-25(29-21)28-10-12-31(2)3/h4-8,13,23,32H,9-12H2,1-3H3,(H,33,34)(H,28,29,30). The van der Waals surface area contributed by atoms with Crippen molar-refractivity contribution in [2.75, 3.05) is 39.0 Å². The van der Waals surface area contributed by atoms with Crippen molar-refractivity contribution < 1.29 is 23.7 Å². The Hall–Kier alpha value is -3.47. The number of aryl methyl sites for hydroxylation is 1. The molecule has 2 unspecified atom stereocenters. The number of carbonyl (C=O) groups is 1. The van der Waals surface area contributed by atoms with Crippen LogP contribution in [0.15, 0.2) is 36.4 Å². The average molecular weight is 484 g/mol. The summed E-state index contributed by atoms with van der Waals surface area (Å²) in [6.45, 7) is 3.06. The number of nitrogens with zero attached hydrogens (tertiary/aromatic N) is 3. The van der Waals surface area contributed by atoms with E-state index in [4.69, 9.17) is 4.98 Å². The van der Waals surface area contributed by atoms with E-state index in [2.05, 4.69) is 10.3 Å². The quantitative estimate of drug-likeness (QED) is 0.443. The van der Waals surface area contributed by atoms with Gasteiger partial charge in [0, 0.05) is 30.6 Å². The SMILES string of the molecule is Cc1cc(C(=O)O)ccc1-c1nc(NCCN(C)C)nc2c1CC[NH+]([O-])C2c1c(F)cccc1F. The maximum absolute atomic E-state index is 14.8. The molecule has 0 radical (unpaired) electrons. The second kappa shape index (κ2) is 10.0. The first-order chi connectivity index (χ1) is 16.7. The summed E-state index contributed by atoms with van der Waals surface area (Å²) in [5, 5.41) is 25.2. The molecule has 0 aliphatic carbocycles. The average Bonchev–Trinajstić information content (AvgIpc) is 2.79. The van der Waals surface area contributed by atoms with Crippen molar-refractivity contribution in [3.05, 3.63) is 81.2 Å². The second-order valence-corrected chi connectivity index (χ2v) is 8.86. The van der Waals surface area contributed by atoms with Gasteiger partial charge < -0.3 is 25.6 Å². The molecular formula is C25H27F2N5O3. The van der Waals surface area contributed by atoms with Gasteiger partial charge in [0.05, 0.1) is 23.4 Å². The van der Waals surface area contributed by atoms with E-state index in [9.17, 15) is 23.9 Å². The van der Waals surface area contributed by atoms with Crippen LogP contribution in [-0.4, -0.2) is 59.7 Å². The van der Waals surface area contributed by atoms with Crippen molar-refractivity contribution in [3.8, 4) is 11.3 Å². The summed E-state index contributed by atoms with van der Waals surface area (Å²) in [6, 6.07) is 7.03. The number of benzene rings is 2. The molecule has 0 saturated carbocycles. The number of rotatable bonds is 7. The number of carboxylic acids is 1. The molecule has 1 aliphatic rings. The highest BCUT2D eigenvalue weighted by Gasteiger charge is 2.36. The van der Waals surface area contributed by atoms with Crippen LogP contribution in [0.1, 0.15) is 38.8 Å². The van der Waals surface area contributed by atoms with Gasteiger partial charge in [0.2, 0.25) is 5.95 Å². The molecule has 2 aromatic carbocycles. The summed E-state index contributed by atoms with van der Waals surface area (Å²) in [5.41, 5.74) is 2.58. The van der Waals surface area contributed by atoms with Crippen LogP contribution in [0.3, 0.4) is 0 Å². The Labute approximate surface area is 201 Å². The van der Waals surface area contributed by atoms with Crippen LogP contribution < -0.4 is 10.4 Å². The third-order valence-corrected chi connectivity index (χ3v) is 6.11. The highest BCUT2D eigenvalue weighted by atomic mass is 19.1. The van der Waals surface area contributed by atoms with Crippen LogP contribution in [0.4, 0.5) is 14.7 Å². The van der Waals surface area contributed by atoms with E-state index >= 15 is 0 Å². The number of nitrogens with one attached hydrogen (secondary N) is 2. The van der Waals surface area contributed by atoms with Gasteiger partial charge in [-0.15, -0.1) is 0 Å². The largest absolute Gasteiger partial charge is 0.634 e. The molecule has 184 valence electrons. The van der Waals surface area contributed by atoms with E-state index in [0.29, 0.717) is 41.9 Å². The summed E-state index contributed by atoms with van der Waals surface area (Å²) >= 11 is 0. The minimum atomic E-state index is -1.20. The van der Waals surface area contributed by atoms with Crippen molar-refractivity contribution in [1.82, 2.24) is 14.9 Å². The van der Waals surface area contributed by atoms with Gasteiger partial charge in [-0.1, -0.05) is 12.1 Å². The smallest absolute Gasteiger partial charge is 0.335 e. The highest BCUT2D eigenvalue weighted by Crippen LogP contribution is 2.35. The fourth-order valence-electron chi connectivity index (χ4n) is 4.37. The third-order valence-electron chi connectivity index (χ3n) is 6.11. The summed E-state index contributed by atoms with van der Waals surface area (Å²) < 4.78 is 29.6.